The van der Waals surface area contributed by atoms with Crippen LogP contribution in [-0.4, -0.2) is 60.9 Å². The zero-order valence-corrected chi connectivity index (χ0v) is 18.8. The largest absolute Gasteiger partial charge is 0.493 e. The third-order valence-corrected chi connectivity index (χ3v) is 6.53. The molecule has 0 radical (unpaired) electrons. The minimum atomic E-state index is -1.38. The van der Waals surface area contributed by atoms with Crippen LogP contribution >= 0.6 is 0 Å². The molecule has 2 saturated heterocycles. The summed E-state index contributed by atoms with van der Waals surface area (Å²) in [6.07, 6.45) is 0.866. The van der Waals surface area contributed by atoms with Gasteiger partial charge in [-0.25, -0.2) is 4.39 Å². The summed E-state index contributed by atoms with van der Waals surface area (Å²) in [4.78, 5) is 41.4. The number of imide groups is 1. The van der Waals surface area contributed by atoms with Gasteiger partial charge in [-0.2, -0.15) is 0 Å². The molecule has 0 N–H and O–H groups in total. The molecule has 174 valence electrons. The molecular formula is C25H27FN2O5. The van der Waals surface area contributed by atoms with Gasteiger partial charge >= 0.3 is 0 Å². The number of carbonyl (C=O) groups is 3. The molecule has 1 unspecified atom stereocenters. The van der Waals surface area contributed by atoms with Crippen molar-refractivity contribution in [3.8, 4) is 11.5 Å². The van der Waals surface area contributed by atoms with E-state index in [1.165, 1.54) is 25.2 Å². The second kappa shape index (κ2) is 9.21. The predicted molar refractivity (Wildman–Crippen MR) is 118 cm³/mol. The molecule has 8 heteroatoms. The number of amides is 3. The first-order chi connectivity index (χ1) is 15.8. The molecule has 7 nitrogen and oxygen atoms in total. The van der Waals surface area contributed by atoms with Crippen molar-refractivity contribution in [1.82, 2.24) is 9.80 Å². The first kappa shape index (κ1) is 22.8. The number of likely N-dealkylation sites (tertiary alicyclic amines) is 2. The number of methoxy groups -OCH3 is 1. The van der Waals surface area contributed by atoms with Gasteiger partial charge < -0.3 is 14.4 Å². The fourth-order valence-electron chi connectivity index (χ4n) is 4.63. The lowest BCUT2D eigenvalue weighted by atomic mass is 9.75. The quantitative estimate of drug-likeness (QED) is 0.628. The Labute approximate surface area is 192 Å². The first-order valence-corrected chi connectivity index (χ1v) is 11.0. The van der Waals surface area contributed by atoms with E-state index in [4.69, 9.17) is 9.47 Å². The van der Waals surface area contributed by atoms with Gasteiger partial charge in [-0.1, -0.05) is 24.3 Å². The van der Waals surface area contributed by atoms with E-state index in [0.29, 0.717) is 43.0 Å². The number of nitrogens with zero attached hydrogens (tertiary/aromatic N) is 2. The lowest BCUT2D eigenvalue weighted by molar-refractivity contribution is -0.142. The Balaban J connectivity index is 1.45. The molecule has 2 aromatic carbocycles. The summed E-state index contributed by atoms with van der Waals surface area (Å²) >= 11 is 0. The normalized spacial score (nSPS) is 21.4. The van der Waals surface area contributed by atoms with Crippen molar-refractivity contribution in [1.29, 1.82) is 0 Å². The van der Waals surface area contributed by atoms with E-state index in [0.717, 1.165) is 4.90 Å². The van der Waals surface area contributed by atoms with Gasteiger partial charge in [-0.3, -0.25) is 19.3 Å². The molecule has 2 aromatic rings. The predicted octanol–water partition coefficient (Wildman–Crippen LogP) is 2.92. The maximum Gasteiger partial charge on any atom is 0.240 e. The Hall–Kier alpha value is -3.42. The fraction of sp³-hybridized carbons (Fsp3) is 0.400. The van der Waals surface area contributed by atoms with E-state index >= 15 is 0 Å². The molecule has 2 aliphatic rings. The number of piperidine rings is 1. The van der Waals surface area contributed by atoms with Crippen LogP contribution < -0.4 is 9.47 Å². The highest BCUT2D eigenvalue weighted by molar-refractivity contribution is 6.10. The summed E-state index contributed by atoms with van der Waals surface area (Å²) in [5.41, 5.74) is -1.02. The Bertz CT molecular complexity index is 1070. The summed E-state index contributed by atoms with van der Waals surface area (Å²) in [5, 5.41) is 0. The summed E-state index contributed by atoms with van der Waals surface area (Å²) in [5.74, 6) is -0.272. The standard InChI is InChI=1S/C25H27FN2O5/c1-27-22(29)15-25(24(27)31,17-6-5-7-18(26)14-17)16-23(30)28-12-10-19(11-13-28)33-21-9-4-3-8-20(21)32-2/h3-9,14,19H,10-13,15-16H2,1-2H3. The molecule has 33 heavy (non-hydrogen) atoms. The van der Waals surface area contributed by atoms with Gasteiger partial charge in [-0.15, -0.1) is 0 Å². The van der Waals surface area contributed by atoms with Crippen LogP contribution in [0.3, 0.4) is 0 Å². The van der Waals surface area contributed by atoms with Gasteiger partial charge in [0.05, 0.1) is 12.5 Å². The van der Waals surface area contributed by atoms with Crippen LogP contribution in [-0.2, 0) is 19.8 Å². The molecule has 4 rings (SSSR count). The second-order valence-corrected chi connectivity index (χ2v) is 8.55. The van der Waals surface area contributed by atoms with Crippen molar-refractivity contribution < 1.29 is 28.2 Å². The molecule has 2 heterocycles. The number of rotatable bonds is 6. The average Bonchev–Trinajstić information content (AvgIpc) is 3.04. The van der Waals surface area contributed by atoms with Gasteiger partial charge in [0.25, 0.3) is 0 Å². The van der Waals surface area contributed by atoms with Crippen LogP contribution in [0.1, 0.15) is 31.2 Å². The Morgan fingerprint density at radius 3 is 2.39 bits per heavy atom. The van der Waals surface area contributed by atoms with E-state index in [2.05, 4.69) is 0 Å². The molecule has 2 aliphatic heterocycles. The van der Waals surface area contributed by atoms with Crippen LogP contribution in [0.15, 0.2) is 48.5 Å². The molecule has 0 bridgehead atoms. The van der Waals surface area contributed by atoms with E-state index in [1.807, 2.05) is 24.3 Å². The minimum Gasteiger partial charge on any atom is -0.493 e. The number of benzene rings is 2. The highest BCUT2D eigenvalue weighted by Gasteiger charge is 2.53. The van der Waals surface area contributed by atoms with Crippen LogP contribution in [0, 0.1) is 5.82 Å². The van der Waals surface area contributed by atoms with Gasteiger partial charge in [0.1, 0.15) is 11.9 Å². The second-order valence-electron chi connectivity index (χ2n) is 8.55. The summed E-state index contributed by atoms with van der Waals surface area (Å²) in [7, 11) is 2.99. The summed E-state index contributed by atoms with van der Waals surface area (Å²) in [6, 6.07) is 13.0. The highest BCUT2D eigenvalue weighted by atomic mass is 19.1. The molecule has 0 aromatic heterocycles. The number of hydrogen-bond acceptors (Lipinski definition) is 5. The number of likely N-dealkylation sites (N-methyl/N-ethyl adjacent to an activating group) is 1. The first-order valence-electron chi connectivity index (χ1n) is 11.0. The van der Waals surface area contributed by atoms with Crippen molar-refractivity contribution >= 4 is 17.7 Å². The third-order valence-electron chi connectivity index (χ3n) is 6.53. The number of hydrogen-bond donors (Lipinski definition) is 0. The molecule has 0 aliphatic carbocycles. The molecule has 2 fully saturated rings. The maximum absolute atomic E-state index is 14.0. The molecule has 1 atom stereocenters. The van der Waals surface area contributed by atoms with Crippen molar-refractivity contribution in [2.75, 3.05) is 27.2 Å². The lowest BCUT2D eigenvalue weighted by Crippen LogP contribution is -2.46. The van der Waals surface area contributed by atoms with Crippen molar-refractivity contribution in [3.05, 3.63) is 59.9 Å². The lowest BCUT2D eigenvalue weighted by Gasteiger charge is -2.35. The topological polar surface area (TPSA) is 76.2 Å². The van der Waals surface area contributed by atoms with E-state index in [-0.39, 0.29) is 30.8 Å². The van der Waals surface area contributed by atoms with E-state index in [1.54, 1.807) is 18.1 Å². The molecule has 0 spiro atoms. The Morgan fingerprint density at radius 1 is 1.09 bits per heavy atom. The number of para-hydroxylation sites is 2. The minimum absolute atomic E-state index is 0.0663. The highest BCUT2D eigenvalue weighted by Crippen LogP contribution is 2.40. The smallest absolute Gasteiger partial charge is 0.240 e. The van der Waals surface area contributed by atoms with Crippen molar-refractivity contribution in [2.24, 2.45) is 0 Å². The SMILES string of the molecule is COc1ccccc1OC1CCN(C(=O)CC2(c3cccc(F)c3)CC(=O)N(C)C2=O)CC1. The van der Waals surface area contributed by atoms with Gasteiger partial charge in [-0.05, 0) is 29.8 Å². The Morgan fingerprint density at radius 2 is 1.79 bits per heavy atom. The zero-order chi connectivity index (χ0) is 23.6. The fourth-order valence-corrected chi connectivity index (χ4v) is 4.63. The van der Waals surface area contributed by atoms with E-state index < -0.39 is 17.1 Å². The van der Waals surface area contributed by atoms with Gasteiger partial charge in [0, 0.05) is 45.8 Å². The monoisotopic (exact) mass is 454 g/mol. The number of halogens is 1. The third kappa shape index (κ3) is 4.42. The Kier molecular flexibility index (Phi) is 6.35. The molecular weight excluding hydrogens is 427 g/mol. The molecule has 3 amide bonds. The van der Waals surface area contributed by atoms with Crippen LogP contribution in [0.5, 0.6) is 11.5 Å². The van der Waals surface area contributed by atoms with Gasteiger partial charge in [0.15, 0.2) is 11.5 Å². The van der Waals surface area contributed by atoms with Crippen molar-refractivity contribution in [3.63, 3.8) is 0 Å². The van der Waals surface area contributed by atoms with Crippen LogP contribution in [0.2, 0.25) is 0 Å². The molecule has 0 saturated carbocycles. The van der Waals surface area contributed by atoms with E-state index in [9.17, 15) is 18.8 Å². The summed E-state index contributed by atoms with van der Waals surface area (Å²) < 4.78 is 25.4. The van der Waals surface area contributed by atoms with Crippen molar-refractivity contribution in [2.45, 2.75) is 37.2 Å². The number of carbonyl (C=O) groups excluding carboxylic acids is 3. The number of ether oxygens (including phenoxy) is 2. The average molecular weight is 454 g/mol. The maximum atomic E-state index is 14.0. The van der Waals surface area contributed by atoms with Gasteiger partial charge in [0.2, 0.25) is 17.7 Å². The zero-order valence-electron chi connectivity index (χ0n) is 18.8. The summed E-state index contributed by atoms with van der Waals surface area (Å²) in [6.45, 7) is 0.936. The van der Waals surface area contributed by atoms with Crippen LogP contribution in [0.25, 0.3) is 0 Å². The van der Waals surface area contributed by atoms with Crippen LogP contribution in [0.4, 0.5) is 4.39 Å².